The van der Waals surface area contributed by atoms with Crippen LogP contribution in [0.2, 0.25) is 0 Å². The number of rotatable bonds is 3. The van der Waals surface area contributed by atoms with Gasteiger partial charge in [-0.15, -0.1) is 0 Å². The lowest BCUT2D eigenvalue weighted by Gasteiger charge is -2.05. The van der Waals surface area contributed by atoms with E-state index in [1.54, 1.807) is 18.2 Å². The monoisotopic (exact) mass is 305 g/mol. The van der Waals surface area contributed by atoms with Crippen molar-refractivity contribution in [2.45, 2.75) is 6.92 Å². The van der Waals surface area contributed by atoms with E-state index in [9.17, 15) is 9.59 Å². The lowest BCUT2D eigenvalue weighted by Crippen LogP contribution is -2.08. The van der Waals surface area contributed by atoms with Crippen molar-refractivity contribution in [2.24, 2.45) is 0 Å². The van der Waals surface area contributed by atoms with E-state index in [0.717, 1.165) is 16.5 Å². The van der Waals surface area contributed by atoms with Crippen LogP contribution >= 0.6 is 0 Å². The van der Waals surface area contributed by atoms with Gasteiger partial charge in [0.15, 0.2) is 0 Å². The van der Waals surface area contributed by atoms with E-state index in [2.05, 4.69) is 5.32 Å². The fraction of sp³-hybridized carbons (Fsp3) is 0.0526. The highest BCUT2D eigenvalue weighted by Gasteiger charge is 2.04. The van der Waals surface area contributed by atoms with E-state index < -0.39 is 5.63 Å². The fourth-order valence-electron chi connectivity index (χ4n) is 2.32. The number of anilines is 1. The molecule has 4 heteroatoms. The molecular formula is C19H15NO3. The fourth-order valence-corrected chi connectivity index (χ4v) is 2.32. The molecule has 0 saturated carbocycles. The summed E-state index contributed by atoms with van der Waals surface area (Å²) in [6, 6.07) is 16.3. The highest BCUT2D eigenvalue weighted by molar-refractivity contribution is 6.02. The summed E-state index contributed by atoms with van der Waals surface area (Å²) >= 11 is 0. The summed E-state index contributed by atoms with van der Waals surface area (Å²) in [6.07, 6.45) is 3.20. The zero-order valence-corrected chi connectivity index (χ0v) is 12.6. The van der Waals surface area contributed by atoms with Gasteiger partial charge in [-0.2, -0.15) is 0 Å². The molecule has 0 saturated heterocycles. The molecule has 0 aliphatic rings. The molecule has 114 valence electrons. The largest absolute Gasteiger partial charge is 0.423 e. The van der Waals surface area contributed by atoms with Crippen LogP contribution in [-0.2, 0) is 4.79 Å². The predicted molar refractivity (Wildman–Crippen MR) is 91.3 cm³/mol. The normalized spacial score (nSPS) is 11.0. The number of hydrogen-bond donors (Lipinski definition) is 1. The predicted octanol–water partition coefficient (Wildman–Crippen LogP) is 3.75. The highest BCUT2D eigenvalue weighted by Crippen LogP contribution is 2.20. The number of fused-ring (bicyclic) bond motifs is 1. The van der Waals surface area contributed by atoms with Crippen LogP contribution < -0.4 is 10.9 Å². The Bertz CT molecular complexity index is 940. The average Bonchev–Trinajstić information content (AvgIpc) is 2.53. The molecule has 3 rings (SSSR count). The second-order valence-electron chi connectivity index (χ2n) is 5.19. The molecule has 0 aliphatic carbocycles. The van der Waals surface area contributed by atoms with Gasteiger partial charge in [-0.05, 0) is 36.3 Å². The minimum absolute atomic E-state index is 0.247. The molecule has 0 aliphatic heterocycles. The molecule has 0 radical (unpaired) electrons. The van der Waals surface area contributed by atoms with Gasteiger partial charge in [0.2, 0.25) is 5.91 Å². The Kier molecular flexibility index (Phi) is 4.06. The first-order chi connectivity index (χ1) is 11.1. The smallest absolute Gasteiger partial charge is 0.336 e. The van der Waals surface area contributed by atoms with Crippen molar-refractivity contribution in [1.29, 1.82) is 0 Å². The molecule has 23 heavy (non-hydrogen) atoms. The Morgan fingerprint density at radius 2 is 1.87 bits per heavy atom. The van der Waals surface area contributed by atoms with Crippen molar-refractivity contribution in [3.8, 4) is 0 Å². The maximum Gasteiger partial charge on any atom is 0.336 e. The highest BCUT2D eigenvalue weighted by atomic mass is 16.4. The summed E-state index contributed by atoms with van der Waals surface area (Å²) < 4.78 is 5.17. The van der Waals surface area contributed by atoms with E-state index in [1.807, 2.05) is 43.3 Å². The van der Waals surface area contributed by atoms with Gasteiger partial charge in [-0.1, -0.05) is 30.3 Å². The van der Waals surface area contributed by atoms with Gasteiger partial charge in [0, 0.05) is 29.3 Å². The first kappa shape index (κ1) is 14.8. The van der Waals surface area contributed by atoms with Crippen LogP contribution in [0.4, 0.5) is 5.69 Å². The number of benzene rings is 2. The molecule has 0 spiro atoms. The second-order valence-corrected chi connectivity index (χ2v) is 5.19. The van der Waals surface area contributed by atoms with Crippen LogP contribution in [0.3, 0.4) is 0 Å². The SMILES string of the molecule is Cc1cc(=O)oc2cc(NC(=O)/C=C/c3ccccc3)ccc12. The number of carbonyl (C=O) groups is 1. The van der Waals surface area contributed by atoms with E-state index >= 15 is 0 Å². The minimum atomic E-state index is -0.401. The third kappa shape index (κ3) is 3.55. The molecule has 4 nitrogen and oxygen atoms in total. The summed E-state index contributed by atoms with van der Waals surface area (Å²) in [5.74, 6) is -0.247. The zero-order valence-electron chi connectivity index (χ0n) is 12.6. The second kappa shape index (κ2) is 6.32. The van der Waals surface area contributed by atoms with Gasteiger partial charge in [0.25, 0.3) is 0 Å². The quantitative estimate of drug-likeness (QED) is 0.592. The molecule has 1 heterocycles. The average molecular weight is 305 g/mol. The third-order valence-electron chi connectivity index (χ3n) is 3.45. The molecule has 3 aromatic rings. The third-order valence-corrected chi connectivity index (χ3v) is 3.45. The standard InChI is InChI=1S/C19H15NO3/c1-13-11-19(22)23-17-12-15(8-9-16(13)17)20-18(21)10-7-14-5-3-2-4-6-14/h2-12H,1H3,(H,20,21)/b10-7+. The van der Waals surface area contributed by atoms with Crippen LogP contribution in [0, 0.1) is 6.92 Å². The van der Waals surface area contributed by atoms with Gasteiger partial charge in [-0.3, -0.25) is 4.79 Å². The molecule has 0 unspecified atom stereocenters. The van der Waals surface area contributed by atoms with Gasteiger partial charge < -0.3 is 9.73 Å². The van der Waals surface area contributed by atoms with E-state index in [4.69, 9.17) is 4.42 Å². The summed E-state index contributed by atoms with van der Waals surface area (Å²) in [5, 5.41) is 3.60. The molecular weight excluding hydrogens is 290 g/mol. The lowest BCUT2D eigenvalue weighted by atomic mass is 10.1. The zero-order chi connectivity index (χ0) is 16.2. The van der Waals surface area contributed by atoms with Crippen LogP contribution in [0.25, 0.3) is 17.0 Å². The summed E-state index contributed by atoms with van der Waals surface area (Å²) in [6.45, 7) is 1.85. The van der Waals surface area contributed by atoms with Gasteiger partial charge in [-0.25, -0.2) is 4.79 Å². The Hall–Kier alpha value is -3.14. The van der Waals surface area contributed by atoms with E-state index in [1.165, 1.54) is 12.1 Å². The van der Waals surface area contributed by atoms with Crippen molar-refractivity contribution in [2.75, 3.05) is 5.32 Å². The Morgan fingerprint density at radius 3 is 2.65 bits per heavy atom. The first-order valence-electron chi connectivity index (χ1n) is 7.20. The molecule has 2 aromatic carbocycles. The van der Waals surface area contributed by atoms with Crippen LogP contribution in [-0.4, -0.2) is 5.91 Å². The summed E-state index contributed by atoms with van der Waals surface area (Å²) in [4.78, 5) is 23.4. The number of nitrogens with one attached hydrogen (secondary N) is 1. The van der Waals surface area contributed by atoms with Crippen LogP contribution in [0.5, 0.6) is 0 Å². The topological polar surface area (TPSA) is 59.3 Å². The number of aryl methyl sites for hydroxylation is 1. The molecule has 0 bridgehead atoms. The van der Waals surface area contributed by atoms with Crippen LogP contribution in [0.15, 0.2) is 69.9 Å². The molecule has 0 atom stereocenters. The van der Waals surface area contributed by atoms with Crippen molar-refractivity contribution in [1.82, 2.24) is 0 Å². The maximum absolute atomic E-state index is 12.0. The van der Waals surface area contributed by atoms with Crippen molar-refractivity contribution in [3.63, 3.8) is 0 Å². The van der Waals surface area contributed by atoms with Crippen molar-refractivity contribution < 1.29 is 9.21 Å². The summed E-state index contributed by atoms with van der Waals surface area (Å²) in [7, 11) is 0. The molecule has 1 amide bonds. The van der Waals surface area contributed by atoms with Gasteiger partial charge in [0.05, 0.1) is 0 Å². The van der Waals surface area contributed by atoms with Gasteiger partial charge in [0.1, 0.15) is 5.58 Å². The maximum atomic E-state index is 12.0. The van der Waals surface area contributed by atoms with Crippen molar-refractivity contribution >= 4 is 28.6 Å². The van der Waals surface area contributed by atoms with Crippen LogP contribution in [0.1, 0.15) is 11.1 Å². The van der Waals surface area contributed by atoms with E-state index in [-0.39, 0.29) is 5.91 Å². The Morgan fingerprint density at radius 1 is 1.09 bits per heavy atom. The van der Waals surface area contributed by atoms with Crippen molar-refractivity contribution in [3.05, 3.63) is 82.2 Å². The molecule has 1 aromatic heterocycles. The lowest BCUT2D eigenvalue weighted by molar-refractivity contribution is -0.111. The first-order valence-corrected chi connectivity index (χ1v) is 7.20. The molecule has 0 fully saturated rings. The molecule has 1 N–H and O–H groups in total. The minimum Gasteiger partial charge on any atom is -0.423 e. The Labute approximate surface area is 133 Å². The number of carbonyl (C=O) groups excluding carboxylic acids is 1. The summed E-state index contributed by atoms with van der Waals surface area (Å²) in [5.41, 5.74) is 2.43. The number of hydrogen-bond acceptors (Lipinski definition) is 3. The van der Waals surface area contributed by atoms with E-state index in [0.29, 0.717) is 11.3 Å². The van der Waals surface area contributed by atoms with Gasteiger partial charge >= 0.3 is 5.63 Å². The Balaban J connectivity index is 1.80. The number of amides is 1.